The van der Waals surface area contributed by atoms with Crippen LogP contribution in [0.3, 0.4) is 0 Å². The number of aryl methyl sites for hydroxylation is 1. The Morgan fingerprint density at radius 1 is 1.22 bits per heavy atom. The van der Waals surface area contributed by atoms with Crippen LogP contribution in [-0.2, 0) is 6.42 Å². The third-order valence-corrected chi connectivity index (χ3v) is 5.50. The van der Waals surface area contributed by atoms with Crippen molar-refractivity contribution in [2.24, 2.45) is 4.99 Å². The van der Waals surface area contributed by atoms with Gasteiger partial charge in [0.2, 0.25) is 0 Å². The summed E-state index contributed by atoms with van der Waals surface area (Å²) in [4.78, 5) is 4.50. The van der Waals surface area contributed by atoms with E-state index in [9.17, 15) is 0 Å². The van der Waals surface area contributed by atoms with Gasteiger partial charge in [0.1, 0.15) is 0 Å². The average molecular weight is 365 g/mol. The van der Waals surface area contributed by atoms with Gasteiger partial charge in [-0.2, -0.15) is 0 Å². The van der Waals surface area contributed by atoms with Crippen molar-refractivity contribution < 1.29 is 0 Å². The van der Waals surface area contributed by atoms with Crippen LogP contribution in [0.4, 0.5) is 0 Å². The number of amidine groups is 1. The van der Waals surface area contributed by atoms with Gasteiger partial charge in [-0.25, -0.2) is 0 Å². The van der Waals surface area contributed by atoms with Gasteiger partial charge in [0, 0.05) is 5.75 Å². The maximum absolute atomic E-state index is 6.45. The van der Waals surface area contributed by atoms with Crippen molar-refractivity contribution in [3.63, 3.8) is 0 Å². The first-order chi connectivity index (χ1) is 11.1. The quantitative estimate of drug-likeness (QED) is 0.797. The minimum atomic E-state index is 0.0485. The summed E-state index contributed by atoms with van der Waals surface area (Å²) < 4.78 is 0. The van der Waals surface area contributed by atoms with Gasteiger partial charge >= 0.3 is 0 Å². The van der Waals surface area contributed by atoms with Crippen molar-refractivity contribution >= 4 is 40.1 Å². The lowest BCUT2D eigenvalue weighted by atomic mass is 9.98. The third-order valence-electron chi connectivity index (χ3n) is 3.76. The Hall–Kier alpha value is -1.16. The molecule has 0 spiro atoms. The van der Waals surface area contributed by atoms with E-state index in [0.717, 1.165) is 29.4 Å². The number of hydrogen-bond donors (Lipinski definition) is 1. The fraction of sp³-hybridized carbons (Fsp3) is 0.278. The molecule has 3 rings (SSSR count). The topological polar surface area (TPSA) is 24.4 Å². The smallest absolute Gasteiger partial charge is 0.157 e. The summed E-state index contributed by atoms with van der Waals surface area (Å²) in [5, 5.41) is 5.72. The van der Waals surface area contributed by atoms with E-state index in [1.165, 1.54) is 11.1 Å². The van der Waals surface area contributed by atoms with Gasteiger partial charge in [-0.3, -0.25) is 4.99 Å². The molecule has 1 aliphatic heterocycles. The van der Waals surface area contributed by atoms with Crippen LogP contribution in [0.1, 0.15) is 22.7 Å². The molecule has 0 saturated heterocycles. The maximum Gasteiger partial charge on any atom is 0.157 e. The minimum absolute atomic E-state index is 0.0485. The Balaban J connectivity index is 1.91. The largest absolute Gasteiger partial charge is 0.358 e. The fourth-order valence-electron chi connectivity index (χ4n) is 2.67. The summed E-state index contributed by atoms with van der Waals surface area (Å²) in [6.07, 6.45) is 0.835. The second-order valence-electron chi connectivity index (χ2n) is 5.57. The highest BCUT2D eigenvalue weighted by molar-refractivity contribution is 8.14. The van der Waals surface area contributed by atoms with Crippen molar-refractivity contribution in [3.05, 3.63) is 69.2 Å². The van der Waals surface area contributed by atoms with Crippen LogP contribution in [0.5, 0.6) is 0 Å². The number of thioether (sulfide) groups is 1. The van der Waals surface area contributed by atoms with E-state index in [2.05, 4.69) is 41.5 Å². The Bertz CT molecular complexity index is 731. The second kappa shape index (κ2) is 7.61. The van der Waals surface area contributed by atoms with Crippen molar-refractivity contribution in [2.45, 2.75) is 19.4 Å². The highest BCUT2D eigenvalue weighted by Gasteiger charge is 2.20. The molecule has 1 heterocycles. The van der Waals surface area contributed by atoms with Crippen LogP contribution >= 0.6 is 35.0 Å². The molecule has 0 aromatic heterocycles. The maximum atomic E-state index is 6.45. The fourth-order valence-corrected chi connectivity index (χ4v) is 3.90. The summed E-state index contributed by atoms with van der Waals surface area (Å²) in [7, 11) is 0. The molecule has 0 aliphatic carbocycles. The van der Waals surface area contributed by atoms with Gasteiger partial charge in [0.05, 0.1) is 22.6 Å². The van der Waals surface area contributed by atoms with Crippen molar-refractivity contribution in [2.75, 3.05) is 12.3 Å². The molecule has 2 aromatic rings. The molecule has 2 aromatic carbocycles. The molecule has 1 unspecified atom stereocenters. The zero-order valence-electron chi connectivity index (χ0n) is 12.9. The normalized spacial score (nSPS) is 15.3. The molecule has 5 heteroatoms. The van der Waals surface area contributed by atoms with Crippen LogP contribution in [-0.4, -0.2) is 17.5 Å². The summed E-state index contributed by atoms with van der Waals surface area (Å²) in [5.41, 5.74) is 3.53. The van der Waals surface area contributed by atoms with Gasteiger partial charge in [0.25, 0.3) is 0 Å². The zero-order valence-corrected chi connectivity index (χ0v) is 15.2. The summed E-state index contributed by atoms with van der Waals surface area (Å²) in [6.45, 7) is 2.97. The van der Waals surface area contributed by atoms with E-state index in [-0.39, 0.29) is 6.04 Å². The Morgan fingerprint density at radius 2 is 2.04 bits per heavy atom. The molecule has 1 aliphatic rings. The van der Waals surface area contributed by atoms with Gasteiger partial charge < -0.3 is 5.32 Å². The first-order valence-electron chi connectivity index (χ1n) is 7.57. The lowest BCUT2D eigenvalue weighted by Gasteiger charge is -2.22. The van der Waals surface area contributed by atoms with Gasteiger partial charge in [0.15, 0.2) is 5.17 Å². The minimum Gasteiger partial charge on any atom is -0.358 e. The lowest BCUT2D eigenvalue weighted by molar-refractivity contribution is 0.648. The third kappa shape index (κ3) is 4.23. The Kier molecular flexibility index (Phi) is 5.52. The molecule has 23 heavy (non-hydrogen) atoms. The molecule has 0 amide bonds. The summed E-state index contributed by atoms with van der Waals surface area (Å²) in [5.74, 6) is 1.03. The van der Waals surface area contributed by atoms with Crippen molar-refractivity contribution in [1.29, 1.82) is 0 Å². The summed E-state index contributed by atoms with van der Waals surface area (Å²) in [6, 6.07) is 14.4. The number of hydrogen-bond acceptors (Lipinski definition) is 3. The van der Waals surface area contributed by atoms with Crippen LogP contribution in [0.2, 0.25) is 10.0 Å². The molecule has 120 valence electrons. The molecule has 0 fully saturated rings. The van der Waals surface area contributed by atoms with E-state index < -0.39 is 0 Å². The monoisotopic (exact) mass is 364 g/mol. The van der Waals surface area contributed by atoms with Crippen LogP contribution < -0.4 is 5.32 Å². The zero-order chi connectivity index (χ0) is 16.2. The molecule has 1 N–H and O–H groups in total. The molecule has 2 nitrogen and oxygen atoms in total. The van der Waals surface area contributed by atoms with Crippen molar-refractivity contribution in [3.8, 4) is 0 Å². The van der Waals surface area contributed by atoms with Crippen LogP contribution in [0.25, 0.3) is 0 Å². The standard InChI is InChI=1S/C18H18Cl2N2S/c1-12-4-2-5-13(10-12)11-16(22-18-21-8-9-23-18)14-6-3-7-15(19)17(14)20/h2-7,10,16H,8-9,11H2,1H3,(H,21,22). The van der Waals surface area contributed by atoms with E-state index in [1.807, 2.05) is 18.2 Å². The van der Waals surface area contributed by atoms with Gasteiger partial charge in [-0.15, -0.1) is 0 Å². The number of nitrogens with zero attached hydrogens (tertiary/aromatic N) is 1. The molecular weight excluding hydrogens is 347 g/mol. The van der Waals surface area contributed by atoms with E-state index in [1.54, 1.807) is 11.8 Å². The number of halogens is 2. The molecule has 0 bridgehead atoms. The molecular formula is C18H18Cl2N2S. The van der Waals surface area contributed by atoms with E-state index in [0.29, 0.717) is 10.0 Å². The van der Waals surface area contributed by atoms with Gasteiger partial charge in [-0.05, 0) is 30.5 Å². The highest BCUT2D eigenvalue weighted by Crippen LogP contribution is 2.32. The van der Waals surface area contributed by atoms with E-state index >= 15 is 0 Å². The van der Waals surface area contributed by atoms with E-state index in [4.69, 9.17) is 23.2 Å². The highest BCUT2D eigenvalue weighted by atomic mass is 35.5. The predicted octanol–water partition coefficient (Wildman–Crippen LogP) is 5.28. The van der Waals surface area contributed by atoms with Crippen molar-refractivity contribution in [1.82, 2.24) is 5.32 Å². The van der Waals surface area contributed by atoms with Crippen LogP contribution in [0, 0.1) is 6.92 Å². The molecule has 0 saturated carbocycles. The lowest BCUT2D eigenvalue weighted by Crippen LogP contribution is -2.27. The number of aliphatic imine (C=N–C) groups is 1. The number of rotatable bonds is 4. The Morgan fingerprint density at radius 3 is 2.78 bits per heavy atom. The predicted molar refractivity (Wildman–Crippen MR) is 102 cm³/mol. The molecule has 0 radical (unpaired) electrons. The van der Waals surface area contributed by atoms with Crippen LogP contribution in [0.15, 0.2) is 47.5 Å². The molecule has 1 atom stereocenters. The van der Waals surface area contributed by atoms with Gasteiger partial charge in [-0.1, -0.05) is 76.9 Å². The Labute approximate surface area is 151 Å². The average Bonchev–Trinajstić information content (AvgIpc) is 3.02. The first-order valence-corrected chi connectivity index (χ1v) is 9.31. The number of benzene rings is 2. The SMILES string of the molecule is Cc1cccc(CC(NC2=NCCS2)c2cccc(Cl)c2Cl)c1. The first kappa shape index (κ1) is 16.7. The second-order valence-corrected chi connectivity index (χ2v) is 7.44. The number of nitrogens with one attached hydrogen (secondary N) is 1. The summed E-state index contributed by atoms with van der Waals surface area (Å²) >= 11 is 14.4.